The quantitative estimate of drug-likeness (QED) is 0.0254. The summed E-state index contributed by atoms with van der Waals surface area (Å²) in [6, 6.07) is -5.63. The largest absolute Gasteiger partial charge is 0.394 e. The zero-order chi connectivity index (χ0) is 76.5. The van der Waals surface area contributed by atoms with Gasteiger partial charge in [-0.2, -0.15) is 0 Å². The molecule has 104 heavy (non-hydrogen) atoms. The summed E-state index contributed by atoms with van der Waals surface area (Å²) >= 11 is 0. The number of amides is 9. The summed E-state index contributed by atoms with van der Waals surface area (Å²) in [6.07, 6.45) is -6.45. The predicted octanol–water partition coefficient (Wildman–Crippen LogP) is -4.83. The number of rotatable bonds is 52. The molecular weight excluding hydrogens is 1370 g/mol. The normalized spacial score (nSPS) is 28.1. The average molecular weight is 1500 g/mol. The smallest absolute Gasteiger partial charge is 0.249 e. The maximum absolute atomic E-state index is 13.9. The van der Waals surface area contributed by atoms with Gasteiger partial charge in [-0.15, -0.1) is 0 Å². The molecule has 4 aliphatic rings. The minimum atomic E-state index is -1.47. The fourth-order valence-electron chi connectivity index (χ4n) is 12.5. The molecule has 9 amide bonds. The van der Waals surface area contributed by atoms with E-state index in [1.807, 2.05) is 0 Å². The number of hydrogen-bond donors (Lipinski definition) is 20. The van der Waals surface area contributed by atoms with Crippen LogP contribution in [0.25, 0.3) is 0 Å². The minimum Gasteiger partial charge on any atom is -0.394 e. The number of aliphatic hydroxyl groups is 11. The van der Waals surface area contributed by atoms with E-state index in [0.29, 0.717) is 96.4 Å². The van der Waals surface area contributed by atoms with Crippen molar-refractivity contribution < 1.29 is 132 Å². The first-order valence-corrected chi connectivity index (χ1v) is 37.0. The van der Waals surface area contributed by atoms with Gasteiger partial charge < -0.3 is 137 Å². The van der Waals surface area contributed by atoms with Crippen molar-refractivity contribution in [3.05, 3.63) is 0 Å². The van der Waals surface area contributed by atoms with Crippen LogP contribution in [-0.2, 0) is 76.3 Å². The van der Waals surface area contributed by atoms with Crippen LogP contribution in [0.3, 0.4) is 0 Å². The first kappa shape index (κ1) is 90.9. The maximum Gasteiger partial charge on any atom is 0.249 e. The highest BCUT2D eigenvalue weighted by Crippen LogP contribution is 2.27. The van der Waals surface area contributed by atoms with Gasteiger partial charge in [0.1, 0.15) is 97.4 Å². The third-order valence-corrected chi connectivity index (χ3v) is 18.4. The Hall–Kier alpha value is -5.49. The molecule has 0 aliphatic carbocycles. The van der Waals surface area contributed by atoms with Crippen molar-refractivity contribution in [2.24, 2.45) is 0 Å². The first-order chi connectivity index (χ1) is 49.8. The van der Waals surface area contributed by atoms with Crippen LogP contribution in [0, 0.1) is 0 Å². The highest BCUT2D eigenvalue weighted by Gasteiger charge is 2.48. The monoisotopic (exact) mass is 1500 g/mol. The van der Waals surface area contributed by atoms with Crippen LogP contribution in [0.15, 0.2) is 0 Å². The van der Waals surface area contributed by atoms with Crippen molar-refractivity contribution in [2.75, 3.05) is 72.4 Å². The lowest BCUT2D eigenvalue weighted by Crippen LogP contribution is -2.64. The highest BCUT2D eigenvalue weighted by molar-refractivity contribution is 5.90. The van der Waals surface area contributed by atoms with Gasteiger partial charge >= 0.3 is 0 Å². The second-order valence-electron chi connectivity index (χ2n) is 27.1. The molecule has 4 aliphatic heterocycles. The van der Waals surface area contributed by atoms with Crippen molar-refractivity contribution in [1.82, 2.24) is 47.9 Å². The fourth-order valence-corrected chi connectivity index (χ4v) is 12.5. The number of aliphatic hydroxyl groups excluding tert-OH is 11. The Kier molecular flexibility index (Phi) is 44.5. The zero-order valence-electron chi connectivity index (χ0n) is 60.5. The Labute approximate surface area is 607 Å². The van der Waals surface area contributed by atoms with Crippen molar-refractivity contribution in [2.45, 2.75) is 304 Å². The molecule has 0 bridgehead atoms. The molecule has 0 saturated carbocycles. The number of carbonyl (C=O) groups is 9. The molecule has 20 atom stereocenters. The molecule has 0 aromatic rings. The zero-order valence-corrected chi connectivity index (χ0v) is 60.5. The molecule has 0 radical (unpaired) electrons. The van der Waals surface area contributed by atoms with E-state index in [9.17, 15) is 99.3 Å². The van der Waals surface area contributed by atoms with Gasteiger partial charge in [-0.25, -0.2) is 0 Å². The third-order valence-electron chi connectivity index (χ3n) is 18.4. The van der Waals surface area contributed by atoms with Crippen LogP contribution < -0.4 is 47.9 Å². The Bertz CT molecular complexity index is 2540. The molecule has 600 valence electrons. The molecule has 16 unspecified atom stereocenters. The van der Waals surface area contributed by atoms with E-state index in [-0.39, 0.29) is 90.5 Å². The molecule has 0 aromatic heterocycles. The number of carbonyl (C=O) groups excluding carboxylic acids is 9. The molecule has 0 aromatic carbocycles. The third kappa shape index (κ3) is 33.3. The van der Waals surface area contributed by atoms with Crippen molar-refractivity contribution in [1.29, 1.82) is 0 Å². The van der Waals surface area contributed by atoms with Crippen molar-refractivity contribution in [3.8, 4) is 0 Å². The van der Waals surface area contributed by atoms with Crippen LogP contribution in [0.2, 0.25) is 0 Å². The minimum absolute atomic E-state index is 0.0907. The van der Waals surface area contributed by atoms with Gasteiger partial charge in [-0.3, -0.25) is 43.2 Å². The Morgan fingerprint density at radius 1 is 0.365 bits per heavy atom. The van der Waals surface area contributed by atoms with Crippen LogP contribution in [0.4, 0.5) is 0 Å². The molecule has 4 heterocycles. The lowest BCUT2D eigenvalue weighted by atomic mass is 9.97. The van der Waals surface area contributed by atoms with Gasteiger partial charge in [-0.05, 0) is 64.2 Å². The van der Waals surface area contributed by atoms with E-state index >= 15 is 0 Å². The summed E-state index contributed by atoms with van der Waals surface area (Å²) in [5.41, 5.74) is 0. The maximum atomic E-state index is 13.9. The summed E-state index contributed by atoms with van der Waals surface area (Å²) < 4.78 is 39.6. The van der Waals surface area contributed by atoms with E-state index in [1.165, 1.54) is 20.8 Å². The number of nitrogens with one attached hydrogen (secondary N) is 9. The van der Waals surface area contributed by atoms with E-state index in [2.05, 4.69) is 47.9 Å². The van der Waals surface area contributed by atoms with E-state index in [0.717, 1.165) is 32.1 Å². The molecule has 4 saturated heterocycles. The van der Waals surface area contributed by atoms with Gasteiger partial charge in [0.15, 0.2) is 18.9 Å². The fraction of sp³-hybridized carbons (Fsp3) is 0.868. The van der Waals surface area contributed by atoms with Gasteiger partial charge in [0.25, 0.3) is 0 Å². The second-order valence-corrected chi connectivity index (χ2v) is 27.1. The van der Waals surface area contributed by atoms with E-state index in [4.69, 9.17) is 33.2 Å². The molecular formula is C68H121N9O27. The molecule has 0 spiro atoms. The Morgan fingerprint density at radius 3 is 1.04 bits per heavy atom. The Morgan fingerprint density at radius 2 is 0.683 bits per heavy atom. The van der Waals surface area contributed by atoms with E-state index in [1.54, 1.807) is 0 Å². The summed E-state index contributed by atoms with van der Waals surface area (Å²) in [5.74, 6) is -4.38. The van der Waals surface area contributed by atoms with Crippen molar-refractivity contribution >= 4 is 53.2 Å². The van der Waals surface area contributed by atoms with Gasteiger partial charge in [0.2, 0.25) is 53.2 Å². The molecule has 36 nitrogen and oxygen atoms in total. The summed E-state index contributed by atoms with van der Waals surface area (Å²) in [5, 5.41) is 135. The Balaban J connectivity index is 1.31. The van der Waals surface area contributed by atoms with Gasteiger partial charge in [0, 0.05) is 92.5 Å². The summed E-state index contributed by atoms with van der Waals surface area (Å²) in [7, 11) is 0. The summed E-state index contributed by atoms with van der Waals surface area (Å²) in [6.45, 7) is 3.04. The first-order valence-electron chi connectivity index (χ1n) is 37.0. The number of unbranched alkanes of at least 4 members (excludes halogenated alkanes) is 15. The van der Waals surface area contributed by atoms with Crippen LogP contribution >= 0.6 is 0 Å². The predicted molar refractivity (Wildman–Crippen MR) is 367 cm³/mol. The summed E-state index contributed by atoms with van der Waals surface area (Å²) in [4.78, 5) is 116. The molecule has 20 N–H and O–H groups in total. The average Bonchev–Trinajstić information content (AvgIpc) is 0.990. The second kappa shape index (κ2) is 51.0. The molecule has 4 fully saturated rings. The van der Waals surface area contributed by atoms with Gasteiger partial charge in [0.05, 0.1) is 32.5 Å². The van der Waals surface area contributed by atoms with E-state index < -0.39 is 189 Å². The lowest BCUT2D eigenvalue weighted by molar-refractivity contribution is -0.270. The van der Waals surface area contributed by atoms with Crippen LogP contribution in [-0.4, -0.2) is 304 Å². The molecule has 4 rings (SSSR count). The topological polar surface area (TPSA) is 549 Å². The highest BCUT2D eigenvalue weighted by atomic mass is 16.7. The van der Waals surface area contributed by atoms with Crippen molar-refractivity contribution in [3.63, 3.8) is 0 Å². The lowest BCUT2D eigenvalue weighted by Gasteiger charge is -2.42. The number of ether oxygens (including phenoxy) is 7. The molecule has 36 heteroatoms. The number of hydrogen-bond acceptors (Lipinski definition) is 27. The van der Waals surface area contributed by atoms with Gasteiger partial charge in [-0.1, -0.05) is 70.6 Å². The van der Waals surface area contributed by atoms with Crippen LogP contribution in [0.5, 0.6) is 0 Å². The standard InChI is InChI=1S/C68H121N9O27/c1-40(82)73-54-60(92)57(89)48(37-79)102-66(54)98-32-20-12-9-16-28-69-51(86)26-24-43(63(95)70-29-18-10-13-21-33-99-67-55(74-41(2)83)61(93)58(90)49(38-80)103-67)77-53(88)27-25-44(76-52(87)23-15-7-5-4-6-8-17-31-72-65(97)46-35-45(85)47(36-78)101-46)64(96)71-30-19-11-14-22-34-100-68-56(75-42(3)84)62(94)59(91)50(39-81)104-68/h43-50,54-62,66-68,78-81,85,89-94H,4-39H2,1-3H3,(H,69,86)(H,70,95)(H,71,96)(H,72,97)(H,73,82)(H,74,83)(H,75,84)(H,76,87)(H,77,88)/t43?,44?,45-,46+,47+,48+,49?,50?,54?,55?,56?,57?,58?,59?,60?,61?,62?,66?,67?,68?/m0/s1. The SMILES string of the molecule is CC(=O)NC1C(OCCCCCCNC(=O)C(CCC(=O)NCCCCCCOC2O[C@H](CO)C(O)C(O)C2NC(C)=O)NC(=O)CCC(NC(=O)CCCCCCCCCNC(=O)[C@H]2C[C@H](O)[C@@H](CO)O2)C(=O)NCCCCCCOC2OC(CO)C(O)C(O)C2NC(C)=O)OC(CO)C(O)C1O. The van der Waals surface area contributed by atoms with Crippen LogP contribution in [0.1, 0.15) is 181 Å².